The van der Waals surface area contributed by atoms with Gasteiger partial charge in [0.25, 0.3) is 0 Å². The van der Waals surface area contributed by atoms with Crippen molar-refractivity contribution in [3.63, 3.8) is 0 Å². The highest BCUT2D eigenvalue weighted by Crippen LogP contribution is 2.20. The van der Waals surface area contributed by atoms with E-state index in [1.807, 2.05) is 78.9 Å². The number of halogens is 2. The number of anilines is 2. The van der Waals surface area contributed by atoms with Gasteiger partial charge in [0.05, 0.1) is 6.61 Å². The van der Waals surface area contributed by atoms with Crippen molar-refractivity contribution >= 4 is 61.1 Å². The lowest BCUT2D eigenvalue weighted by Crippen LogP contribution is -2.50. The molecular weight excluding hydrogens is 548 g/mol. The van der Waals surface area contributed by atoms with Gasteiger partial charge in [-0.05, 0) is 67.1 Å². The molecule has 0 saturated heterocycles. The minimum absolute atomic E-state index is 0.205. The second-order valence-electron chi connectivity index (χ2n) is 7.16. The van der Waals surface area contributed by atoms with Crippen LogP contribution in [0.3, 0.4) is 0 Å². The Bertz CT molecular complexity index is 1080. The smallest absolute Gasteiger partial charge is 0.331 e. The summed E-state index contributed by atoms with van der Waals surface area (Å²) in [5.41, 5.74) is 2.29. The molecule has 0 bridgehead atoms. The Morgan fingerprint density at radius 3 is 1.85 bits per heavy atom. The third-order valence-electron chi connectivity index (χ3n) is 4.75. The van der Waals surface area contributed by atoms with Gasteiger partial charge >= 0.3 is 5.97 Å². The van der Waals surface area contributed by atoms with Crippen LogP contribution in [0.25, 0.3) is 6.08 Å². The summed E-state index contributed by atoms with van der Waals surface area (Å²) in [6.45, 7) is 1.94. The largest absolute Gasteiger partial charge is 0.464 e. The van der Waals surface area contributed by atoms with Crippen LogP contribution in [-0.2, 0) is 14.3 Å². The molecule has 0 aliphatic rings. The maximum absolute atomic E-state index is 13.4. The molecule has 5 nitrogen and oxygen atoms in total. The number of hydrogen-bond acceptors (Lipinski definition) is 5. The zero-order chi connectivity index (χ0) is 23.6. The van der Waals surface area contributed by atoms with Crippen molar-refractivity contribution in [1.82, 2.24) is 0 Å². The van der Waals surface area contributed by atoms with Crippen molar-refractivity contribution in [2.24, 2.45) is 0 Å². The summed E-state index contributed by atoms with van der Waals surface area (Å²) in [5.74, 6) is -0.777. The molecule has 0 saturated carbocycles. The first kappa shape index (κ1) is 24.7. The van der Waals surface area contributed by atoms with Gasteiger partial charge in [0.1, 0.15) is 6.04 Å². The molecule has 7 heteroatoms. The van der Waals surface area contributed by atoms with Crippen LogP contribution in [0.15, 0.2) is 93.9 Å². The number of benzene rings is 3. The van der Waals surface area contributed by atoms with Gasteiger partial charge in [0.2, 0.25) is 0 Å². The third-order valence-corrected chi connectivity index (χ3v) is 5.81. The predicted molar refractivity (Wildman–Crippen MR) is 140 cm³/mol. The van der Waals surface area contributed by atoms with Gasteiger partial charge in [0, 0.05) is 20.3 Å². The van der Waals surface area contributed by atoms with E-state index >= 15 is 0 Å². The van der Waals surface area contributed by atoms with Crippen molar-refractivity contribution in [1.29, 1.82) is 0 Å². The first-order valence-corrected chi connectivity index (χ1v) is 12.0. The monoisotopic (exact) mass is 570 g/mol. The van der Waals surface area contributed by atoms with Crippen molar-refractivity contribution in [2.75, 3.05) is 17.2 Å². The Morgan fingerprint density at radius 1 is 0.818 bits per heavy atom. The molecule has 0 aromatic heterocycles. The van der Waals surface area contributed by atoms with Crippen molar-refractivity contribution in [3.05, 3.63) is 99.4 Å². The van der Waals surface area contributed by atoms with E-state index in [2.05, 4.69) is 42.5 Å². The van der Waals surface area contributed by atoms with E-state index in [4.69, 9.17) is 4.74 Å². The summed E-state index contributed by atoms with van der Waals surface area (Å²) >= 11 is 6.83. The molecule has 0 unspecified atom stereocenters. The average Bonchev–Trinajstić information content (AvgIpc) is 2.83. The van der Waals surface area contributed by atoms with Gasteiger partial charge in [-0.25, -0.2) is 4.79 Å². The van der Waals surface area contributed by atoms with E-state index in [-0.39, 0.29) is 12.4 Å². The number of ether oxygens (including phenoxy) is 1. The van der Waals surface area contributed by atoms with E-state index in [9.17, 15) is 9.59 Å². The summed E-state index contributed by atoms with van der Waals surface area (Å²) in [6.07, 6.45) is 3.22. The molecule has 170 valence electrons. The first-order valence-electron chi connectivity index (χ1n) is 10.4. The molecule has 3 rings (SSSR count). The minimum Gasteiger partial charge on any atom is -0.464 e. The highest BCUT2D eigenvalue weighted by molar-refractivity contribution is 9.10. The lowest BCUT2D eigenvalue weighted by molar-refractivity contribution is -0.145. The minimum atomic E-state index is -0.956. The standard InChI is InChI=1S/C26H24Br2N2O3/c1-2-33-26(32)25(30-22-15-11-20(28)12-16-22)24(29-21-13-9-19(27)10-14-21)23(31)17-8-18-6-4-3-5-7-18/h3-17,24-25,29-30H,2H2,1H3/b17-8+/t24-,25-/m1/s1. The first-order chi connectivity index (χ1) is 16.0. The maximum atomic E-state index is 13.4. The number of ketones is 1. The Labute approximate surface area is 210 Å². The molecule has 3 aromatic carbocycles. The molecule has 3 aromatic rings. The van der Waals surface area contributed by atoms with Crippen LogP contribution in [0.2, 0.25) is 0 Å². The number of carbonyl (C=O) groups is 2. The number of rotatable bonds is 10. The molecule has 2 N–H and O–H groups in total. The molecule has 2 atom stereocenters. The van der Waals surface area contributed by atoms with Crippen LogP contribution < -0.4 is 10.6 Å². The van der Waals surface area contributed by atoms with Gasteiger partial charge in [-0.2, -0.15) is 0 Å². The summed E-state index contributed by atoms with van der Waals surface area (Å²) in [6, 6.07) is 22.5. The molecule has 0 radical (unpaired) electrons. The number of nitrogens with one attached hydrogen (secondary N) is 2. The topological polar surface area (TPSA) is 67.4 Å². The van der Waals surface area contributed by atoms with E-state index in [0.29, 0.717) is 11.4 Å². The quantitative estimate of drug-likeness (QED) is 0.220. The van der Waals surface area contributed by atoms with Crippen LogP contribution in [0, 0.1) is 0 Å². The fourth-order valence-electron chi connectivity index (χ4n) is 3.13. The fourth-order valence-corrected chi connectivity index (χ4v) is 3.66. The van der Waals surface area contributed by atoms with Gasteiger partial charge in [-0.15, -0.1) is 0 Å². The van der Waals surface area contributed by atoms with E-state index in [1.54, 1.807) is 13.0 Å². The van der Waals surface area contributed by atoms with E-state index in [1.165, 1.54) is 6.08 Å². The Morgan fingerprint density at radius 2 is 1.33 bits per heavy atom. The summed E-state index contributed by atoms with van der Waals surface area (Å²) in [4.78, 5) is 26.3. The summed E-state index contributed by atoms with van der Waals surface area (Å²) in [7, 11) is 0. The molecule has 0 spiro atoms. The van der Waals surface area contributed by atoms with Crippen LogP contribution in [0.5, 0.6) is 0 Å². The Kier molecular flexibility index (Phi) is 9.27. The van der Waals surface area contributed by atoms with Crippen LogP contribution in [0.4, 0.5) is 11.4 Å². The molecule has 0 fully saturated rings. The van der Waals surface area contributed by atoms with Crippen molar-refractivity contribution < 1.29 is 14.3 Å². The van der Waals surface area contributed by atoms with E-state index in [0.717, 1.165) is 14.5 Å². The molecule has 0 heterocycles. The van der Waals surface area contributed by atoms with Crippen molar-refractivity contribution in [2.45, 2.75) is 19.0 Å². The van der Waals surface area contributed by atoms with Gasteiger partial charge in [-0.1, -0.05) is 68.3 Å². The third kappa shape index (κ3) is 7.58. The normalized spacial score (nSPS) is 12.7. The summed E-state index contributed by atoms with van der Waals surface area (Å²) < 4.78 is 7.14. The predicted octanol–water partition coefficient (Wildman–Crippen LogP) is 6.32. The Hall–Kier alpha value is -2.90. The van der Waals surface area contributed by atoms with E-state index < -0.39 is 18.1 Å². The number of hydrogen-bond donors (Lipinski definition) is 2. The SMILES string of the molecule is CCOC(=O)[C@H](Nc1ccc(Br)cc1)[C@H](Nc1ccc(Br)cc1)C(=O)/C=C/c1ccccc1. The number of carbonyl (C=O) groups excluding carboxylic acids is 2. The van der Waals surface area contributed by atoms with Gasteiger partial charge in [-0.3, -0.25) is 4.79 Å². The molecular formula is C26H24Br2N2O3. The van der Waals surface area contributed by atoms with Crippen LogP contribution in [-0.4, -0.2) is 30.4 Å². The second-order valence-corrected chi connectivity index (χ2v) is 8.99. The van der Waals surface area contributed by atoms with Gasteiger partial charge < -0.3 is 15.4 Å². The Balaban J connectivity index is 1.94. The second kappa shape index (κ2) is 12.4. The highest BCUT2D eigenvalue weighted by Gasteiger charge is 2.34. The molecule has 33 heavy (non-hydrogen) atoms. The van der Waals surface area contributed by atoms with Crippen LogP contribution in [0.1, 0.15) is 12.5 Å². The average molecular weight is 572 g/mol. The molecule has 0 amide bonds. The van der Waals surface area contributed by atoms with Crippen LogP contribution >= 0.6 is 31.9 Å². The lowest BCUT2D eigenvalue weighted by atomic mass is 10.0. The van der Waals surface area contributed by atoms with Crippen molar-refractivity contribution in [3.8, 4) is 0 Å². The highest BCUT2D eigenvalue weighted by atomic mass is 79.9. The van der Waals surface area contributed by atoms with Gasteiger partial charge in [0.15, 0.2) is 11.8 Å². The zero-order valence-electron chi connectivity index (χ0n) is 18.0. The zero-order valence-corrected chi connectivity index (χ0v) is 21.2. The fraction of sp³-hybridized carbons (Fsp3) is 0.154. The number of esters is 1. The lowest BCUT2D eigenvalue weighted by Gasteiger charge is -2.27. The summed E-state index contributed by atoms with van der Waals surface area (Å²) in [5, 5.41) is 6.40. The maximum Gasteiger partial charge on any atom is 0.331 e. The molecule has 0 aliphatic heterocycles. The molecule has 0 aliphatic carbocycles.